The van der Waals surface area contributed by atoms with Gasteiger partial charge in [-0.25, -0.2) is 26.8 Å². The fourth-order valence-electron chi connectivity index (χ4n) is 19.0. The smallest absolute Gasteiger partial charge is 0.240 e. The average molecular weight is 1770 g/mol. The summed E-state index contributed by atoms with van der Waals surface area (Å²) in [5, 5.41) is 1.72. The fourth-order valence-corrected chi connectivity index (χ4v) is 21.7. The number of carbonyl (C=O) groups excluding carboxylic acids is 8. The van der Waals surface area contributed by atoms with Gasteiger partial charge in [0, 0.05) is 74.0 Å². The zero-order valence-corrected chi connectivity index (χ0v) is 77.7. The first kappa shape index (κ1) is 93.9. The van der Waals surface area contributed by atoms with Gasteiger partial charge in [0.1, 0.15) is 46.8 Å². The lowest BCUT2D eigenvalue weighted by atomic mass is 9.79. The SMILES string of the molecule is COc1ccc2c(O[C@@H]3C[C@H]4C(=O)C[C@]5(C(=O)NS(=O)(=O)C6CC6)C[C@H]5/C=C\CC[C@@H](C)C[C@@H](C)[C@H](CC(=O)CC(C)(C)C)C(=O)N4C3)nc(-c3ccc(OC(C)C)cn3)cc2c1.COc1ccc2c(O[C@@H]3C[C@H]4C(=O)C[C@]5(C(=O)NS(=O)(=O)C6CC6)C[C@H]5/C=C\CC[C@H](C)C[C@@H](C)[C@H](CC(=O)CC(C)(C)C)C(=O)N4C3)nc(-c3ccc(OC(C)C)cn3)cc2c1. The highest BCUT2D eigenvalue weighted by atomic mass is 32.2. The number of ether oxygens (including phenoxy) is 6. The third kappa shape index (κ3) is 23.1. The van der Waals surface area contributed by atoms with E-state index in [1.165, 1.54) is 0 Å². The first-order chi connectivity index (χ1) is 59.5. The molecule has 14 atom stereocenters. The summed E-state index contributed by atoms with van der Waals surface area (Å²) in [7, 11) is -4.57. The second-order valence-electron chi connectivity index (χ2n) is 40.2. The lowest BCUT2D eigenvalue weighted by molar-refractivity contribution is -0.145. The largest absolute Gasteiger partial charge is 0.497 e. The van der Waals surface area contributed by atoms with Crippen molar-refractivity contribution in [1.82, 2.24) is 39.2 Å². The molecule has 0 spiro atoms. The number of methoxy groups -OCH3 is 2. The van der Waals surface area contributed by atoms with Crippen molar-refractivity contribution < 1.29 is 83.6 Å². The number of sulfonamides is 2. The van der Waals surface area contributed by atoms with Crippen molar-refractivity contribution in [2.24, 2.45) is 69.0 Å². The maximum absolute atomic E-state index is 15.2. The Labute approximate surface area is 742 Å². The van der Waals surface area contributed by atoms with E-state index in [1.54, 1.807) is 36.4 Å². The van der Waals surface area contributed by atoms with Gasteiger partial charge in [-0.1, -0.05) is 93.5 Å². The monoisotopic (exact) mass is 1770 g/mol. The summed E-state index contributed by atoms with van der Waals surface area (Å²) in [5.74, 6) is -1.45. The molecule has 8 heterocycles. The molecule has 6 aromatic rings. The molecule has 8 aliphatic rings. The molecule has 28 heteroatoms. The van der Waals surface area contributed by atoms with E-state index in [1.807, 2.05) is 180 Å². The van der Waals surface area contributed by atoms with Crippen LogP contribution in [0.25, 0.3) is 44.3 Å². The van der Waals surface area contributed by atoms with E-state index in [4.69, 9.17) is 38.4 Å². The highest BCUT2D eigenvalue weighted by Gasteiger charge is 2.64. The lowest BCUT2D eigenvalue weighted by Crippen LogP contribution is -2.47. The summed E-state index contributed by atoms with van der Waals surface area (Å²) in [4.78, 5) is 138. The molecule has 4 aliphatic heterocycles. The number of carbonyl (C=O) groups is 8. The number of nitrogens with one attached hydrogen (secondary N) is 2. The summed E-state index contributed by atoms with van der Waals surface area (Å²) in [6.07, 6.45) is 17.4. The van der Waals surface area contributed by atoms with Crippen molar-refractivity contribution in [3.8, 4) is 57.5 Å². The zero-order chi connectivity index (χ0) is 90.9. The van der Waals surface area contributed by atoms with E-state index in [0.717, 1.165) is 36.5 Å². The molecule has 0 unspecified atom stereocenters. The molecule has 2 N–H and O–H groups in total. The fraction of sp³-hybridized carbons (Fsp3) is 0.592. The van der Waals surface area contributed by atoms with E-state index in [-0.39, 0.29) is 157 Å². The van der Waals surface area contributed by atoms with Crippen LogP contribution in [0.1, 0.15) is 225 Å². The number of amides is 4. The third-order valence-corrected chi connectivity index (χ3v) is 29.6. The number of fused-ring (bicyclic) bond motifs is 6. The molecule has 126 heavy (non-hydrogen) atoms. The maximum atomic E-state index is 15.2. The van der Waals surface area contributed by atoms with Crippen LogP contribution >= 0.6 is 0 Å². The summed E-state index contributed by atoms with van der Waals surface area (Å²) in [6.45, 7) is 28.2. The summed E-state index contributed by atoms with van der Waals surface area (Å²) in [5.41, 5.74) is -0.855. The Morgan fingerprint density at radius 3 is 1.21 bits per heavy atom. The minimum absolute atomic E-state index is 0.00952. The van der Waals surface area contributed by atoms with Gasteiger partial charge in [0.2, 0.25) is 55.4 Å². The highest BCUT2D eigenvalue weighted by Crippen LogP contribution is 2.59. The Balaban J connectivity index is 0.000000216. The lowest BCUT2D eigenvalue weighted by Gasteiger charge is -2.32. The van der Waals surface area contributed by atoms with Crippen LogP contribution in [0.3, 0.4) is 0 Å². The van der Waals surface area contributed by atoms with E-state index < -0.39 is 89.3 Å². The molecule has 14 rings (SSSR count). The van der Waals surface area contributed by atoms with Crippen molar-refractivity contribution in [2.75, 3.05) is 27.3 Å². The van der Waals surface area contributed by atoms with Gasteiger partial charge in [-0.05, 0) is 235 Å². The van der Waals surface area contributed by atoms with Crippen LogP contribution in [0, 0.1) is 69.0 Å². The number of benzene rings is 2. The minimum Gasteiger partial charge on any atom is -0.497 e. The Kier molecular flexibility index (Phi) is 28.6. The minimum atomic E-state index is -3.88. The van der Waals surface area contributed by atoms with Crippen molar-refractivity contribution in [3.05, 3.63) is 109 Å². The molecule has 6 fully saturated rings. The predicted molar refractivity (Wildman–Crippen MR) is 481 cm³/mol. The number of aromatic nitrogens is 4. The molecular weight excluding hydrogens is 1640 g/mol. The Morgan fingerprint density at radius 2 is 0.873 bits per heavy atom. The molecule has 680 valence electrons. The number of pyridine rings is 4. The van der Waals surface area contributed by atoms with Gasteiger partial charge in [-0.15, -0.1) is 0 Å². The first-order valence-corrected chi connectivity index (χ1v) is 48.3. The van der Waals surface area contributed by atoms with E-state index in [9.17, 15) is 45.6 Å². The van der Waals surface area contributed by atoms with Gasteiger partial charge in [-0.2, -0.15) is 0 Å². The molecule has 2 saturated heterocycles. The number of rotatable bonds is 24. The zero-order valence-electron chi connectivity index (χ0n) is 76.0. The Bertz CT molecular complexity index is 5040. The van der Waals surface area contributed by atoms with Gasteiger partial charge >= 0.3 is 0 Å². The Hall–Kier alpha value is -9.70. The van der Waals surface area contributed by atoms with Crippen LogP contribution in [-0.4, -0.2) is 168 Å². The normalized spacial score (nSPS) is 27.5. The molecule has 0 bridgehead atoms. The van der Waals surface area contributed by atoms with Gasteiger partial charge in [0.15, 0.2) is 11.6 Å². The molecule has 4 saturated carbocycles. The van der Waals surface area contributed by atoms with E-state index in [2.05, 4.69) is 33.3 Å². The van der Waals surface area contributed by atoms with Crippen LogP contribution in [-0.2, 0) is 58.4 Å². The van der Waals surface area contributed by atoms with Crippen LogP contribution in [0.2, 0.25) is 0 Å². The maximum Gasteiger partial charge on any atom is 0.240 e. The predicted octanol–water partition coefficient (Wildman–Crippen LogP) is 16.1. The van der Waals surface area contributed by atoms with Crippen LogP contribution in [0.4, 0.5) is 0 Å². The molecule has 0 radical (unpaired) electrons. The second-order valence-corrected chi connectivity index (χ2v) is 44.2. The van der Waals surface area contributed by atoms with Gasteiger partial charge in [-0.3, -0.25) is 57.8 Å². The quantitative estimate of drug-likeness (QED) is 0.0532. The van der Waals surface area contributed by atoms with Crippen LogP contribution in [0.15, 0.2) is 109 Å². The molecule has 4 aromatic heterocycles. The molecule has 4 amide bonds. The second kappa shape index (κ2) is 38.3. The standard InChI is InChI=1S/2C49H64N4O9S/c2*1-29(2)61-36-14-18-41(50-27-36)42-21-32-20-35(60-8)13-17-39(32)45(51-42)62-37-23-43-44(55)26-49(47(57)52-63(58,59)38-15-16-38)24-33(49)12-10-9-11-30(3)19-31(4)40(46(56)53(43)28-37)22-34(54)25-48(5,6)7/h2*10,12-14,17-18,20-21,27,29-31,33,37-38,40,43H,9,11,15-16,19,22-26,28H2,1-8H3,(H,52,57)/b2*12-10-/t30-,31+,33+,37+,40-,43-,49+;30-,31-,33-,37-,40+,43+,49-/m01/s1. The number of nitrogens with zero attached hydrogens (tertiary/aromatic N) is 6. The molecule has 4 aliphatic carbocycles. The number of hydrogen-bond donors (Lipinski definition) is 2. The summed E-state index contributed by atoms with van der Waals surface area (Å²) < 4.78 is 93.2. The number of Topliss-reactive ketones (excluding diaryl/α,β-unsaturated/α-hetero) is 4. The van der Waals surface area contributed by atoms with E-state index >= 15 is 9.59 Å². The summed E-state index contributed by atoms with van der Waals surface area (Å²) in [6, 6.07) is 20.2. The van der Waals surface area contributed by atoms with Gasteiger partial charge in [0.05, 0.1) is 108 Å². The van der Waals surface area contributed by atoms with Crippen molar-refractivity contribution >= 4 is 88.4 Å². The van der Waals surface area contributed by atoms with Gasteiger partial charge in [0.25, 0.3) is 0 Å². The number of hydrogen-bond acceptors (Lipinski definition) is 22. The topological polar surface area (TPSA) is 342 Å². The molecule has 2 aromatic carbocycles. The van der Waals surface area contributed by atoms with Crippen molar-refractivity contribution in [2.45, 2.75) is 272 Å². The number of allylic oxidation sites excluding steroid dienone is 4. The van der Waals surface area contributed by atoms with Crippen LogP contribution < -0.4 is 37.9 Å². The van der Waals surface area contributed by atoms with Crippen molar-refractivity contribution in [3.63, 3.8) is 0 Å². The Morgan fingerprint density at radius 1 is 0.500 bits per heavy atom. The highest BCUT2D eigenvalue weighted by molar-refractivity contribution is 7.91. The molecular formula is C98H128N8O18S2. The van der Waals surface area contributed by atoms with Gasteiger partial charge < -0.3 is 38.2 Å². The first-order valence-electron chi connectivity index (χ1n) is 45.2. The summed E-state index contributed by atoms with van der Waals surface area (Å²) >= 11 is 0. The van der Waals surface area contributed by atoms with E-state index in [0.29, 0.717) is 121 Å². The third-order valence-electron chi connectivity index (χ3n) is 26.0. The van der Waals surface area contributed by atoms with Crippen molar-refractivity contribution in [1.29, 1.82) is 0 Å². The molecule has 26 nitrogen and oxygen atoms in total. The van der Waals surface area contributed by atoms with Crippen LogP contribution in [0.5, 0.6) is 34.8 Å². The average Bonchev–Trinajstić information content (AvgIpc) is 1.57. The number of ketones is 4.